The van der Waals surface area contributed by atoms with Crippen LogP contribution in [0.1, 0.15) is 5.69 Å². The number of thiophene rings is 1. The number of hydrogen-bond acceptors (Lipinski definition) is 5. The molecule has 0 saturated heterocycles. The summed E-state index contributed by atoms with van der Waals surface area (Å²) in [6, 6.07) is 12.7. The summed E-state index contributed by atoms with van der Waals surface area (Å²) in [6.45, 7) is 1.80. The molecule has 0 unspecified atom stereocenters. The van der Waals surface area contributed by atoms with E-state index >= 15 is 0 Å². The Morgan fingerprint density at radius 2 is 1.92 bits per heavy atom. The third-order valence-corrected chi connectivity index (χ3v) is 5.33. The first-order valence-electron chi connectivity index (χ1n) is 7.55. The molecule has 9 heteroatoms. The Kier molecular flexibility index (Phi) is 5.03. The van der Waals surface area contributed by atoms with E-state index in [4.69, 9.17) is 5.14 Å². The van der Waals surface area contributed by atoms with Gasteiger partial charge in [-0.25, -0.2) is 18.4 Å². The first-order chi connectivity index (χ1) is 12.3. The van der Waals surface area contributed by atoms with Crippen molar-refractivity contribution in [3.63, 3.8) is 0 Å². The number of amides is 2. The molecule has 4 N–H and O–H groups in total. The van der Waals surface area contributed by atoms with Crippen LogP contribution in [0.4, 0.5) is 16.2 Å². The van der Waals surface area contributed by atoms with Gasteiger partial charge in [0.25, 0.3) is 0 Å². The van der Waals surface area contributed by atoms with Crippen LogP contribution < -0.4 is 15.8 Å². The van der Waals surface area contributed by atoms with Crippen LogP contribution in [0.5, 0.6) is 0 Å². The maximum Gasteiger partial charge on any atom is 0.323 e. The average molecular weight is 388 g/mol. The van der Waals surface area contributed by atoms with Crippen LogP contribution in [-0.4, -0.2) is 19.4 Å². The number of benzene rings is 1. The van der Waals surface area contributed by atoms with Crippen LogP contribution >= 0.6 is 11.3 Å². The van der Waals surface area contributed by atoms with Gasteiger partial charge in [0, 0.05) is 5.69 Å². The lowest BCUT2D eigenvalue weighted by Gasteiger charge is -2.11. The SMILES string of the molecule is Cc1nc(-c2cccs2)ccc1NC(=O)Nc1cccc(S(N)(=O)=O)c1. The summed E-state index contributed by atoms with van der Waals surface area (Å²) in [5.41, 5.74) is 2.38. The Morgan fingerprint density at radius 1 is 1.12 bits per heavy atom. The van der Waals surface area contributed by atoms with Crippen LogP contribution in [0.2, 0.25) is 0 Å². The quantitative estimate of drug-likeness (QED) is 0.635. The second-order valence-corrected chi connectivity index (χ2v) is 7.97. The van der Waals surface area contributed by atoms with E-state index in [1.165, 1.54) is 18.2 Å². The van der Waals surface area contributed by atoms with Crippen molar-refractivity contribution in [3.8, 4) is 10.6 Å². The lowest BCUT2D eigenvalue weighted by atomic mass is 10.2. The summed E-state index contributed by atoms with van der Waals surface area (Å²) in [7, 11) is -3.83. The highest BCUT2D eigenvalue weighted by molar-refractivity contribution is 7.89. The number of sulfonamides is 1. The molecule has 7 nitrogen and oxygen atoms in total. The molecule has 0 bridgehead atoms. The number of nitrogens with two attached hydrogens (primary N) is 1. The van der Waals surface area contributed by atoms with Gasteiger partial charge in [-0.1, -0.05) is 12.1 Å². The van der Waals surface area contributed by atoms with E-state index in [9.17, 15) is 13.2 Å². The molecular formula is C17H16N4O3S2. The molecule has 2 amide bonds. The van der Waals surface area contributed by atoms with Crippen molar-refractivity contribution in [1.82, 2.24) is 4.98 Å². The van der Waals surface area contributed by atoms with Gasteiger partial charge in [0.15, 0.2) is 0 Å². The fourth-order valence-electron chi connectivity index (χ4n) is 2.29. The lowest BCUT2D eigenvalue weighted by molar-refractivity contribution is 0.262. The van der Waals surface area contributed by atoms with Crippen LogP contribution in [-0.2, 0) is 10.0 Å². The molecule has 134 valence electrons. The van der Waals surface area contributed by atoms with Gasteiger partial charge in [0.05, 0.1) is 26.8 Å². The average Bonchev–Trinajstić information content (AvgIpc) is 3.10. The van der Waals surface area contributed by atoms with E-state index < -0.39 is 16.1 Å². The molecule has 0 aliphatic rings. The van der Waals surface area contributed by atoms with E-state index in [0.29, 0.717) is 17.1 Å². The maximum atomic E-state index is 12.2. The summed E-state index contributed by atoms with van der Waals surface area (Å²) >= 11 is 1.59. The number of aryl methyl sites for hydroxylation is 1. The Balaban J connectivity index is 1.73. The van der Waals surface area contributed by atoms with Crippen LogP contribution in [0.15, 0.2) is 58.8 Å². The second kappa shape index (κ2) is 7.24. The largest absolute Gasteiger partial charge is 0.323 e. The predicted octanol–water partition coefficient (Wildman–Crippen LogP) is 3.41. The minimum absolute atomic E-state index is 0.0755. The number of pyridine rings is 1. The molecule has 2 heterocycles. The van der Waals surface area contributed by atoms with Crippen LogP contribution in [0.25, 0.3) is 10.6 Å². The van der Waals surface area contributed by atoms with E-state index in [2.05, 4.69) is 15.6 Å². The van der Waals surface area contributed by atoms with Gasteiger partial charge in [0.2, 0.25) is 10.0 Å². The predicted molar refractivity (Wildman–Crippen MR) is 103 cm³/mol. The molecule has 2 aromatic heterocycles. The van der Waals surface area contributed by atoms with Gasteiger partial charge in [-0.2, -0.15) is 0 Å². The molecule has 0 aliphatic heterocycles. The van der Waals surface area contributed by atoms with Crippen LogP contribution in [0.3, 0.4) is 0 Å². The van der Waals surface area contributed by atoms with E-state index in [0.717, 1.165) is 10.6 Å². The Hall–Kier alpha value is -2.75. The second-order valence-electron chi connectivity index (χ2n) is 5.46. The maximum absolute atomic E-state index is 12.2. The third-order valence-electron chi connectivity index (χ3n) is 3.53. The number of anilines is 2. The molecule has 0 spiro atoms. The fourth-order valence-corrected chi connectivity index (χ4v) is 3.54. The zero-order chi connectivity index (χ0) is 18.7. The van der Waals surface area contributed by atoms with Gasteiger partial charge in [-0.15, -0.1) is 11.3 Å². The van der Waals surface area contributed by atoms with Gasteiger partial charge < -0.3 is 10.6 Å². The number of nitrogens with one attached hydrogen (secondary N) is 2. The Bertz CT molecular complexity index is 1050. The van der Waals surface area contributed by atoms with Crippen molar-refractivity contribution >= 4 is 38.8 Å². The summed E-state index contributed by atoms with van der Waals surface area (Å²) < 4.78 is 22.8. The molecule has 3 rings (SSSR count). The number of urea groups is 1. The Labute approximate surface area is 154 Å². The van der Waals surface area contributed by atoms with Crippen molar-refractivity contribution in [2.24, 2.45) is 5.14 Å². The van der Waals surface area contributed by atoms with Gasteiger partial charge in [-0.3, -0.25) is 4.98 Å². The number of hydrogen-bond donors (Lipinski definition) is 3. The molecular weight excluding hydrogens is 372 g/mol. The van der Waals surface area contributed by atoms with Crippen molar-refractivity contribution in [3.05, 3.63) is 59.6 Å². The third kappa shape index (κ3) is 4.26. The fraction of sp³-hybridized carbons (Fsp3) is 0.0588. The molecule has 0 saturated carbocycles. The number of carbonyl (C=O) groups is 1. The molecule has 0 aliphatic carbocycles. The topological polar surface area (TPSA) is 114 Å². The molecule has 0 fully saturated rings. The van der Waals surface area contributed by atoms with Crippen LogP contribution in [0, 0.1) is 6.92 Å². The highest BCUT2D eigenvalue weighted by atomic mass is 32.2. The first kappa shape index (κ1) is 18.1. The van der Waals surface area contributed by atoms with Gasteiger partial charge in [0.1, 0.15) is 0 Å². The number of primary sulfonamides is 1. The van der Waals surface area contributed by atoms with Gasteiger partial charge in [-0.05, 0) is 48.7 Å². The van der Waals surface area contributed by atoms with Gasteiger partial charge >= 0.3 is 6.03 Å². The standard InChI is InChI=1S/C17H16N4O3S2/c1-11-14(7-8-15(19-11)16-6-3-9-25-16)21-17(22)20-12-4-2-5-13(10-12)26(18,23)24/h2-10H,1H3,(H2,18,23,24)(H2,20,21,22). The lowest BCUT2D eigenvalue weighted by Crippen LogP contribution is -2.20. The minimum Gasteiger partial charge on any atom is -0.308 e. The summed E-state index contributed by atoms with van der Waals surface area (Å²) in [5, 5.41) is 12.3. The number of nitrogens with zero attached hydrogens (tertiary/aromatic N) is 1. The highest BCUT2D eigenvalue weighted by Crippen LogP contribution is 2.25. The smallest absolute Gasteiger partial charge is 0.308 e. The number of aromatic nitrogens is 1. The van der Waals surface area contributed by atoms with Crippen molar-refractivity contribution in [1.29, 1.82) is 0 Å². The normalized spacial score (nSPS) is 11.2. The van der Waals surface area contributed by atoms with E-state index in [1.54, 1.807) is 30.4 Å². The van der Waals surface area contributed by atoms with Crippen molar-refractivity contribution in [2.75, 3.05) is 10.6 Å². The zero-order valence-corrected chi connectivity index (χ0v) is 15.4. The highest BCUT2D eigenvalue weighted by Gasteiger charge is 2.11. The van der Waals surface area contributed by atoms with Crippen molar-refractivity contribution < 1.29 is 13.2 Å². The minimum atomic E-state index is -3.83. The van der Waals surface area contributed by atoms with Crippen molar-refractivity contribution in [2.45, 2.75) is 11.8 Å². The summed E-state index contributed by atoms with van der Waals surface area (Å²) in [4.78, 5) is 17.6. The number of rotatable bonds is 4. The first-order valence-corrected chi connectivity index (χ1v) is 9.98. The zero-order valence-electron chi connectivity index (χ0n) is 13.8. The molecule has 3 aromatic rings. The summed E-state index contributed by atoms with van der Waals surface area (Å²) in [5.74, 6) is 0. The number of carbonyl (C=O) groups excluding carboxylic acids is 1. The molecule has 0 atom stereocenters. The monoisotopic (exact) mass is 388 g/mol. The van der Waals surface area contributed by atoms with E-state index in [-0.39, 0.29) is 4.90 Å². The molecule has 0 radical (unpaired) electrons. The molecule has 26 heavy (non-hydrogen) atoms. The molecule has 1 aromatic carbocycles. The Morgan fingerprint density at radius 3 is 2.58 bits per heavy atom. The van der Waals surface area contributed by atoms with E-state index in [1.807, 2.05) is 23.6 Å². The summed E-state index contributed by atoms with van der Waals surface area (Å²) in [6.07, 6.45) is 0.